The lowest BCUT2D eigenvalue weighted by Gasteiger charge is -2.39. The summed E-state index contributed by atoms with van der Waals surface area (Å²) in [6.07, 6.45) is 3.67. The standard InChI is InChI=1S/C32H29ClN4O4/c1-2-41-31(39)22-11-15-24(16-12-22)34-32(40)36(25-17-18-25)20-29(38)37-27-7-4-3-6-26(27)35-19-5-8-28(35)30(37)21-9-13-23(33)14-10-21/h3-16,19,25,30H,2,17-18,20H2,1H3,(H,34,40). The first-order chi connectivity index (χ1) is 19.9. The van der Waals surface area contributed by atoms with Crippen molar-refractivity contribution < 1.29 is 19.1 Å². The Morgan fingerprint density at radius 3 is 2.32 bits per heavy atom. The number of esters is 1. The Morgan fingerprint density at radius 1 is 0.927 bits per heavy atom. The van der Waals surface area contributed by atoms with Crippen molar-refractivity contribution in [2.75, 3.05) is 23.4 Å². The average Bonchev–Trinajstić information content (AvgIpc) is 3.71. The largest absolute Gasteiger partial charge is 0.462 e. The van der Waals surface area contributed by atoms with Crippen molar-refractivity contribution in [3.8, 4) is 5.69 Å². The van der Waals surface area contributed by atoms with Crippen LogP contribution in [0.25, 0.3) is 5.69 Å². The summed E-state index contributed by atoms with van der Waals surface area (Å²) in [7, 11) is 0. The quantitative estimate of drug-likeness (QED) is 0.260. The SMILES string of the molecule is CCOC(=O)c1ccc(NC(=O)N(CC(=O)N2c3ccccc3-n3cccc3C2c2ccc(Cl)cc2)C2CC2)cc1. The molecule has 41 heavy (non-hydrogen) atoms. The molecule has 1 fully saturated rings. The van der Waals surface area contributed by atoms with Crippen molar-refractivity contribution in [3.63, 3.8) is 0 Å². The third-order valence-electron chi connectivity index (χ3n) is 7.38. The number of hydrogen-bond donors (Lipinski definition) is 1. The van der Waals surface area contributed by atoms with Crippen LogP contribution in [0.5, 0.6) is 0 Å². The van der Waals surface area contributed by atoms with Gasteiger partial charge in [-0.1, -0.05) is 35.9 Å². The van der Waals surface area contributed by atoms with Crippen LogP contribution in [-0.4, -0.2) is 46.6 Å². The number of para-hydroxylation sites is 2. The molecule has 4 aromatic rings. The van der Waals surface area contributed by atoms with E-state index in [1.807, 2.05) is 66.9 Å². The molecule has 0 spiro atoms. The minimum absolute atomic E-state index is 0.0179. The van der Waals surface area contributed by atoms with Crippen molar-refractivity contribution in [1.29, 1.82) is 0 Å². The van der Waals surface area contributed by atoms with Gasteiger partial charge in [0.05, 0.1) is 29.2 Å². The number of nitrogens with one attached hydrogen (secondary N) is 1. The number of rotatable bonds is 7. The number of benzene rings is 3. The zero-order valence-corrected chi connectivity index (χ0v) is 23.3. The smallest absolute Gasteiger partial charge is 0.338 e. The zero-order chi connectivity index (χ0) is 28.5. The van der Waals surface area contributed by atoms with Crippen LogP contribution in [0.4, 0.5) is 16.2 Å². The number of amides is 3. The van der Waals surface area contributed by atoms with E-state index in [9.17, 15) is 14.4 Å². The summed E-state index contributed by atoms with van der Waals surface area (Å²) in [6, 6.07) is 25.0. The van der Waals surface area contributed by atoms with Gasteiger partial charge in [-0.3, -0.25) is 9.69 Å². The fourth-order valence-electron chi connectivity index (χ4n) is 5.30. The van der Waals surface area contributed by atoms with Crippen molar-refractivity contribution in [1.82, 2.24) is 9.47 Å². The molecule has 1 aromatic heterocycles. The highest BCUT2D eigenvalue weighted by Gasteiger charge is 2.40. The number of fused-ring (bicyclic) bond motifs is 3. The number of ether oxygens (including phenoxy) is 1. The van der Waals surface area contributed by atoms with Gasteiger partial charge in [-0.15, -0.1) is 0 Å². The van der Waals surface area contributed by atoms with Crippen LogP contribution in [0.15, 0.2) is 91.1 Å². The predicted octanol–water partition coefficient (Wildman–Crippen LogP) is 6.44. The Labute approximate surface area is 243 Å². The number of carbonyl (C=O) groups excluding carboxylic acids is 3. The number of nitrogens with zero attached hydrogens (tertiary/aromatic N) is 3. The van der Waals surface area contributed by atoms with Gasteiger partial charge in [-0.25, -0.2) is 9.59 Å². The molecule has 2 heterocycles. The van der Waals surface area contributed by atoms with Crippen molar-refractivity contribution in [3.05, 3.63) is 113 Å². The van der Waals surface area contributed by atoms with Gasteiger partial charge in [-0.2, -0.15) is 0 Å². The summed E-state index contributed by atoms with van der Waals surface area (Å²) >= 11 is 6.20. The summed E-state index contributed by atoms with van der Waals surface area (Å²) in [5.74, 6) is -0.608. The van der Waals surface area contributed by atoms with E-state index in [0.29, 0.717) is 16.3 Å². The molecular weight excluding hydrogens is 540 g/mol. The molecule has 1 N–H and O–H groups in total. The Kier molecular flexibility index (Phi) is 7.24. The van der Waals surface area contributed by atoms with Gasteiger partial charge in [0.25, 0.3) is 0 Å². The van der Waals surface area contributed by atoms with Crippen LogP contribution in [-0.2, 0) is 9.53 Å². The van der Waals surface area contributed by atoms with Gasteiger partial charge in [0.2, 0.25) is 5.91 Å². The third kappa shape index (κ3) is 5.30. The van der Waals surface area contributed by atoms with E-state index in [1.54, 1.807) is 41.0 Å². The fraction of sp³-hybridized carbons (Fsp3) is 0.219. The van der Waals surface area contributed by atoms with Gasteiger partial charge in [0.1, 0.15) is 12.6 Å². The molecule has 1 atom stereocenters. The van der Waals surface area contributed by atoms with Gasteiger partial charge in [-0.05, 0) is 86.0 Å². The lowest BCUT2D eigenvalue weighted by Crippen LogP contribution is -2.48. The fourth-order valence-corrected chi connectivity index (χ4v) is 5.42. The maximum absolute atomic E-state index is 14.2. The van der Waals surface area contributed by atoms with E-state index < -0.39 is 12.0 Å². The van der Waals surface area contributed by atoms with Crippen molar-refractivity contribution in [2.45, 2.75) is 31.8 Å². The van der Waals surface area contributed by atoms with Gasteiger partial charge in [0, 0.05) is 22.9 Å². The Hall–Kier alpha value is -4.56. The number of hydrogen-bond acceptors (Lipinski definition) is 4. The summed E-state index contributed by atoms with van der Waals surface area (Å²) in [5, 5.41) is 3.51. The molecule has 6 rings (SSSR count). The normalized spacial score (nSPS) is 15.5. The molecule has 1 aliphatic carbocycles. The highest BCUT2D eigenvalue weighted by atomic mass is 35.5. The predicted molar refractivity (Wildman–Crippen MR) is 158 cm³/mol. The summed E-state index contributed by atoms with van der Waals surface area (Å²) < 4.78 is 7.13. The molecule has 1 aliphatic heterocycles. The summed E-state index contributed by atoms with van der Waals surface area (Å²) in [4.78, 5) is 43.1. The maximum atomic E-state index is 14.2. The van der Waals surface area contributed by atoms with Crippen LogP contribution < -0.4 is 10.2 Å². The molecule has 1 saturated carbocycles. The van der Waals surface area contributed by atoms with E-state index in [2.05, 4.69) is 9.88 Å². The highest BCUT2D eigenvalue weighted by molar-refractivity contribution is 6.30. The monoisotopic (exact) mass is 568 g/mol. The first-order valence-electron chi connectivity index (χ1n) is 13.6. The molecule has 8 nitrogen and oxygen atoms in total. The first-order valence-corrected chi connectivity index (χ1v) is 14.0. The van der Waals surface area contributed by atoms with E-state index in [-0.39, 0.29) is 31.1 Å². The van der Waals surface area contributed by atoms with Crippen LogP contribution >= 0.6 is 11.6 Å². The summed E-state index contributed by atoms with van der Waals surface area (Å²) in [5.41, 5.74) is 4.47. The second-order valence-corrected chi connectivity index (χ2v) is 10.5. The second kappa shape index (κ2) is 11.1. The zero-order valence-electron chi connectivity index (χ0n) is 22.5. The van der Waals surface area contributed by atoms with Crippen LogP contribution in [0, 0.1) is 0 Å². The van der Waals surface area contributed by atoms with Gasteiger partial charge in [0.15, 0.2) is 0 Å². The van der Waals surface area contributed by atoms with Crippen molar-refractivity contribution >= 4 is 40.9 Å². The maximum Gasteiger partial charge on any atom is 0.338 e. The topological polar surface area (TPSA) is 83.9 Å². The Bertz CT molecular complexity index is 1590. The number of anilines is 2. The molecule has 2 aliphatic rings. The Balaban J connectivity index is 1.28. The Morgan fingerprint density at radius 2 is 1.63 bits per heavy atom. The number of aromatic nitrogens is 1. The van der Waals surface area contributed by atoms with E-state index in [0.717, 1.165) is 35.5 Å². The van der Waals surface area contributed by atoms with Crippen LogP contribution in [0.2, 0.25) is 5.02 Å². The van der Waals surface area contributed by atoms with Crippen LogP contribution in [0.1, 0.15) is 47.4 Å². The lowest BCUT2D eigenvalue weighted by molar-refractivity contribution is -0.119. The number of halogens is 1. The molecular formula is C32H29ClN4O4. The lowest BCUT2D eigenvalue weighted by atomic mass is 9.97. The molecule has 3 aromatic carbocycles. The minimum Gasteiger partial charge on any atom is -0.462 e. The molecule has 0 radical (unpaired) electrons. The molecule has 3 amide bonds. The highest BCUT2D eigenvalue weighted by Crippen LogP contribution is 2.42. The second-order valence-electron chi connectivity index (χ2n) is 10.1. The molecule has 9 heteroatoms. The van der Waals surface area contributed by atoms with Gasteiger partial charge >= 0.3 is 12.0 Å². The minimum atomic E-state index is -0.418. The van der Waals surface area contributed by atoms with E-state index >= 15 is 0 Å². The van der Waals surface area contributed by atoms with E-state index in [4.69, 9.17) is 16.3 Å². The molecule has 0 bridgehead atoms. The average molecular weight is 569 g/mol. The third-order valence-corrected chi connectivity index (χ3v) is 7.63. The van der Waals surface area contributed by atoms with Crippen LogP contribution in [0.3, 0.4) is 0 Å². The number of carbonyl (C=O) groups is 3. The van der Waals surface area contributed by atoms with Gasteiger partial charge < -0.3 is 19.5 Å². The summed E-state index contributed by atoms with van der Waals surface area (Å²) in [6.45, 7) is 1.95. The first kappa shape index (κ1) is 26.7. The number of urea groups is 1. The molecule has 208 valence electrons. The van der Waals surface area contributed by atoms with Crippen molar-refractivity contribution in [2.24, 2.45) is 0 Å². The molecule has 1 unspecified atom stereocenters. The van der Waals surface area contributed by atoms with E-state index in [1.165, 1.54) is 0 Å². The molecule has 0 saturated heterocycles.